The minimum atomic E-state index is -1.18. The van der Waals surface area contributed by atoms with Crippen molar-refractivity contribution in [3.05, 3.63) is 42.1 Å². The number of ether oxygens (including phenoxy) is 2. The maximum Gasteiger partial charge on any atom is 0.409 e. The minimum absolute atomic E-state index is 0.0781. The van der Waals surface area contributed by atoms with Crippen LogP contribution in [0.25, 0.3) is 5.69 Å². The lowest BCUT2D eigenvalue weighted by Crippen LogP contribution is -2.56. The van der Waals surface area contributed by atoms with Crippen LogP contribution in [0, 0.1) is 0 Å². The van der Waals surface area contributed by atoms with Gasteiger partial charge in [0, 0.05) is 51.8 Å². The molecule has 2 aromatic rings. The molecule has 4 rings (SSSR count). The Labute approximate surface area is 278 Å². The molecule has 0 aliphatic carbocycles. The van der Waals surface area contributed by atoms with Crippen LogP contribution in [-0.4, -0.2) is 130 Å². The number of amides is 5. The molecule has 0 saturated carbocycles. The van der Waals surface area contributed by atoms with Crippen molar-refractivity contribution < 1.29 is 43.3 Å². The zero-order valence-corrected chi connectivity index (χ0v) is 27.3. The van der Waals surface area contributed by atoms with E-state index in [0.717, 1.165) is 6.42 Å². The fourth-order valence-corrected chi connectivity index (χ4v) is 5.56. The number of carbonyl (C=O) groups is 6. The number of hydrogen-bond acceptors (Lipinski definition) is 9. The van der Waals surface area contributed by atoms with Gasteiger partial charge in [-0.05, 0) is 44.7 Å². The number of nitrogens with zero attached hydrogens (tertiary/aromatic N) is 5. The van der Waals surface area contributed by atoms with Gasteiger partial charge in [0.15, 0.2) is 12.3 Å². The highest BCUT2D eigenvalue weighted by Crippen LogP contribution is 2.22. The maximum absolute atomic E-state index is 13.5. The number of benzene rings is 1. The zero-order chi connectivity index (χ0) is 34.6. The van der Waals surface area contributed by atoms with Crippen molar-refractivity contribution in [2.24, 2.45) is 0 Å². The maximum atomic E-state index is 13.5. The molecule has 5 amide bonds. The first-order valence-electron chi connectivity index (χ1n) is 16.2. The molecule has 2 aliphatic rings. The Balaban J connectivity index is 1.48. The van der Waals surface area contributed by atoms with Gasteiger partial charge < -0.3 is 39.9 Å². The standard InChI is InChI=1S/C32H43N7O9/c1-3-14-33-30(44)25-11-8-15-38(25)26(40)21-48-27-20-24(35-39(27)22-9-6-5-7-10-22)29(43)34-23(12-13-28(41)42)31(45)36-16-18-37(19-17-36)32(46)47-4-2/h5-7,9-10,20,23,25H,3-4,8,11-19,21H2,1-2H3,(H,33,44)(H,34,43)(H,41,42)/t23-,25-/m0/s1. The van der Waals surface area contributed by atoms with Crippen molar-refractivity contribution in [3.8, 4) is 11.6 Å². The molecule has 0 radical (unpaired) electrons. The molecule has 2 atom stereocenters. The van der Waals surface area contributed by atoms with E-state index in [1.807, 2.05) is 6.92 Å². The number of carboxylic acids is 1. The summed E-state index contributed by atoms with van der Waals surface area (Å²) < 4.78 is 12.3. The number of hydrogen-bond donors (Lipinski definition) is 3. The average molecular weight is 670 g/mol. The number of piperazine rings is 1. The van der Waals surface area contributed by atoms with Gasteiger partial charge in [-0.2, -0.15) is 5.10 Å². The van der Waals surface area contributed by atoms with Gasteiger partial charge in [-0.25, -0.2) is 9.48 Å². The Kier molecular flexibility index (Phi) is 12.7. The SMILES string of the molecule is CCCNC(=O)[C@@H]1CCCN1C(=O)COc1cc(C(=O)N[C@@H](CCC(=O)O)C(=O)N2CCN(C(=O)OCC)CC2)nn1-c1ccccc1. The topological polar surface area (TPSA) is 193 Å². The summed E-state index contributed by atoms with van der Waals surface area (Å²) in [5.74, 6) is -2.88. The molecule has 2 fully saturated rings. The summed E-state index contributed by atoms with van der Waals surface area (Å²) in [6, 6.07) is 8.35. The third-order valence-electron chi connectivity index (χ3n) is 8.05. The van der Waals surface area contributed by atoms with Crippen LogP contribution in [0.4, 0.5) is 4.79 Å². The second-order valence-corrected chi connectivity index (χ2v) is 11.4. The summed E-state index contributed by atoms with van der Waals surface area (Å²) in [4.78, 5) is 80.7. The highest BCUT2D eigenvalue weighted by molar-refractivity contribution is 5.96. The number of rotatable bonds is 14. The Morgan fingerprint density at radius 3 is 2.38 bits per heavy atom. The number of aromatic nitrogens is 2. The lowest BCUT2D eigenvalue weighted by Gasteiger charge is -2.35. The van der Waals surface area contributed by atoms with Crippen LogP contribution in [-0.2, 0) is 23.9 Å². The largest absolute Gasteiger partial charge is 0.481 e. The predicted molar refractivity (Wildman–Crippen MR) is 170 cm³/mol. The average Bonchev–Trinajstić information content (AvgIpc) is 3.76. The van der Waals surface area contributed by atoms with Gasteiger partial charge in [0.05, 0.1) is 12.3 Å². The molecule has 260 valence electrons. The molecule has 3 N–H and O–H groups in total. The van der Waals surface area contributed by atoms with Crippen molar-refractivity contribution in [2.75, 3.05) is 52.5 Å². The number of carboxylic acid groups (broad SMARTS) is 1. The van der Waals surface area contributed by atoms with Crippen molar-refractivity contribution in [1.82, 2.24) is 35.1 Å². The van der Waals surface area contributed by atoms with E-state index in [-0.39, 0.29) is 63.1 Å². The van der Waals surface area contributed by atoms with Crippen LogP contribution < -0.4 is 15.4 Å². The molecule has 0 spiro atoms. The molecule has 3 heterocycles. The molecule has 16 heteroatoms. The number of para-hydroxylation sites is 1. The summed E-state index contributed by atoms with van der Waals surface area (Å²) in [7, 11) is 0. The number of carbonyl (C=O) groups excluding carboxylic acids is 5. The first-order valence-corrected chi connectivity index (χ1v) is 16.2. The lowest BCUT2D eigenvalue weighted by atomic mass is 10.1. The summed E-state index contributed by atoms with van der Waals surface area (Å²) in [5, 5.41) is 19.2. The fourth-order valence-electron chi connectivity index (χ4n) is 5.56. The van der Waals surface area contributed by atoms with E-state index in [4.69, 9.17) is 9.47 Å². The van der Waals surface area contributed by atoms with Crippen molar-refractivity contribution >= 4 is 35.7 Å². The van der Waals surface area contributed by atoms with Gasteiger partial charge >= 0.3 is 12.1 Å². The number of aliphatic carboxylic acids is 1. The quantitative estimate of drug-likeness (QED) is 0.262. The Bertz CT molecular complexity index is 1460. The summed E-state index contributed by atoms with van der Waals surface area (Å²) in [6.07, 6.45) is 0.992. The third kappa shape index (κ3) is 9.23. The van der Waals surface area contributed by atoms with Crippen LogP contribution in [0.3, 0.4) is 0 Å². The molecule has 48 heavy (non-hydrogen) atoms. The normalized spacial score (nSPS) is 16.6. The van der Waals surface area contributed by atoms with E-state index in [2.05, 4.69) is 15.7 Å². The van der Waals surface area contributed by atoms with Crippen molar-refractivity contribution in [1.29, 1.82) is 0 Å². The van der Waals surface area contributed by atoms with Crippen LogP contribution in [0.5, 0.6) is 5.88 Å². The second kappa shape index (κ2) is 17.1. The van der Waals surface area contributed by atoms with Crippen LogP contribution >= 0.6 is 0 Å². The Hall–Kier alpha value is -5.15. The Morgan fingerprint density at radius 1 is 1.00 bits per heavy atom. The monoisotopic (exact) mass is 669 g/mol. The molecular weight excluding hydrogens is 626 g/mol. The van der Waals surface area contributed by atoms with E-state index in [1.165, 1.54) is 25.4 Å². The highest BCUT2D eigenvalue weighted by Gasteiger charge is 2.35. The van der Waals surface area contributed by atoms with E-state index < -0.39 is 48.5 Å². The van der Waals surface area contributed by atoms with Gasteiger partial charge in [0.25, 0.3) is 11.8 Å². The lowest BCUT2D eigenvalue weighted by molar-refractivity contribution is -0.140. The molecule has 0 unspecified atom stereocenters. The summed E-state index contributed by atoms with van der Waals surface area (Å²) >= 11 is 0. The smallest absolute Gasteiger partial charge is 0.409 e. The van der Waals surface area contributed by atoms with E-state index in [0.29, 0.717) is 31.6 Å². The molecule has 2 aliphatic heterocycles. The first-order chi connectivity index (χ1) is 23.1. The predicted octanol–water partition coefficient (Wildman–Crippen LogP) is 1.03. The van der Waals surface area contributed by atoms with E-state index >= 15 is 0 Å². The highest BCUT2D eigenvalue weighted by atomic mass is 16.6. The number of likely N-dealkylation sites (tertiary alicyclic amines) is 1. The fraction of sp³-hybridized carbons (Fsp3) is 0.531. The molecule has 16 nitrogen and oxygen atoms in total. The van der Waals surface area contributed by atoms with Gasteiger partial charge in [0.1, 0.15) is 12.1 Å². The van der Waals surface area contributed by atoms with Gasteiger partial charge in [-0.1, -0.05) is 25.1 Å². The van der Waals surface area contributed by atoms with Gasteiger partial charge in [-0.3, -0.25) is 24.0 Å². The zero-order valence-electron chi connectivity index (χ0n) is 27.3. The molecule has 1 aromatic heterocycles. The van der Waals surface area contributed by atoms with Crippen molar-refractivity contribution in [2.45, 2.75) is 58.0 Å². The molecule has 2 saturated heterocycles. The van der Waals surface area contributed by atoms with Gasteiger partial charge in [0.2, 0.25) is 17.7 Å². The Morgan fingerprint density at radius 2 is 1.71 bits per heavy atom. The number of nitrogens with one attached hydrogen (secondary N) is 2. The van der Waals surface area contributed by atoms with E-state index in [1.54, 1.807) is 37.3 Å². The van der Waals surface area contributed by atoms with Gasteiger partial charge in [-0.15, -0.1) is 0 Å². The molecule has 1 aromatic carbocycles. The van der Waals surface area contributed by atoms with Crippen molar-refractivity contribution in [3.63, 3.8) is 0 Å². The first kappa shape index (κ1) is 35.7. The van der Waals surface area contributed by atoms with Crippen LogP contribution in [0.1, 0.15) is 56.4 Å². The minimum Gasteiger partial charge on any atom is -0.481 e. The second-order valence-electron chi connectivity index (χ2n) is 11.4. The molecular formula is C32H43N7O9. The summed E-state index contributed by atoms with van der Waals surface area (Å²) in [5.41, 5.74) is 0.412. The van der Waals surface area contributed by atoms with Crippen LogP contribution in [0.15, 0.2) is 36.4 Å². The third-order valence-corrected chi connectivity index (χ3v) is 8.05. The van der Waals surface area contributed by atoms with E-state index in [9.17, 15) is 33.9 Å². The summed E-state index contributed by atoms with van der Waals surface area (Å²) in [6.45, 7) is 5.22. The molecule has 0 bridgehead atoms. The van der Waals surface area contributed by atoms with Crippen LogP contribution in [0.2, 0.25) is 0 Å².